The van der Waals surface area contributed by atoms with Gasteiger partial charge >= 0.3 is 0 Å². The Balaban J connectivity index is 1.23. The number of carbonyl (C=O) groups excluding carboxylic acids is 1. The van der Waals surface area contributed by atoms with E-state index in [1.807, 2.05) is 4.72 Å². The van der Waals surface area contributed by atoms with Crippen LogP contribution in [0.1, 0.15) is 65.9 Å². The summed E-state index contributed by atoms with van der Waals surface area (Å²) in [6.07, 6.45) is 4.74. The third-order valence-electron chi connectivity index (χ3n) is 6.81. The molecule has 5 rings (SSSR count). The standard InChI is InChI=1S/C25H27Cl2FN2O4S/c26-22-6-3-18(12-23(22)27)34-17-7-9-30(10-8-17)14-16-11-24(28)21(13-20(16)15-1-2-15)25(31)29-35(32,33)19-4-5-19/h3,6,11-13,15,17,19H,1-2,4-5,7-10,14H2,(H,29,31). The average molecular weight is 541 g/mol. The maximum atomic E-state index is 15.0. The van der Waals surface area contributed by atoms with E-state index < -0.39 is 27.0 Å². The molecule has 2 aromatic rings. The van der Waals surface area contributed by atoms with E-state index in [-0.39, 0.29) is 17.6 Å². The highest BCUT2D eigenvalue weighted by atomic mass is 35.5. The fourth-order valence-corrected chi connectivity index (χ4v) is 6.11. The van der Waals surface area contributed by atoms with E-state index in [4.69, 9.17) is 27.9 Å². The lowest BCUT2D eigenvalue weighted by Gasteiger charge is -2.32. The van der Waals surface area contributed by atoms with Crippen molar-refractivity contribution >= 4 is 39.1 Å². The molecule has 1 N–H and O–H groups in total. The quantitative estimate of drug-likeness (QED) is 0.493. The third-order valence-corrected chi connectivity index (χ3v) is 9.37. The monoisotopic (exact) mass is 540 g/mol. The normalized spacial score (nSPS) is 19.5. The lowest BCUT2D eigenvalue weighted by atomic mass is 9.97. The number of hydrogen-bond acceptors (Lipinski definition) is 5. The summed E-state index contributed by atoms with van der Waals surface area (Å²) >= 11 is 12.0. The van der Waals surface area contributed by atoms with Crippen LogP contribution in [-0.2, 0) is 16.6 Å². The van der Waals surface area contributed by atoms with E-state index in [1.54, 1.807) is 24.3 Å². The Morgan fingerprint density at radius 3 is 2.37 bits per heavy atom. The fraction of sp³-hybridized carbons (Fsp3) is 0.480. The molecule has 10 heteroatoms. The van der Waals surface area contributed by atoms with Crippen LogP contribution >= 0.6 is 23.2 Å². The Labute approximate surface area is 214 Å². The van der Waals surface area contributed by atoms with Crippen LogP contribution in [-0.4, -0.2) is 43.7 Å². The van der Waals surface area contributed by atoms with E-state index in [0.717, 1.165) is 49.9 Å². The Hall–Kier alpha value is -1.87. The Bertz CT molecular complexity index is 1240. The highest BCUT2D eigenvalue weighted by Gasteiger charge is 2.38. The summed E-state index contributed by atoms with van der Waals surface area (Å²) in [5.74, 6) is -0.602. The lowest BCUT2D eigenvalue weighted by molar-refractivity contribution is 0.0961. The number of rotatable bonds is 8. The van der Waals surface area contributed by atoms with Crippen LogP contribution in [0.4, 0.5) is 4.39 Å². The summed E-state index contributed by atoms with van der Waals surface area (Å²) in [5.41, 5.74) is 1.60. The molecule has 0 aromatic heterocycles. The molecular formula is C25H27Cl2FN2O4S. The van der Waals surface area contributed by atoms with Gasteiger partial charge in [-0.05, 0) is 79.8 Å². The van der Waals surface area contributed by atoms with Crippen molar-refractivity contribution in [2.75, 3.05) is 13.1 Å². The maximum Gasteiger partial charge on any atom is 0.267 e. The summed E-state index contributed by atoms with van der Waals surface area (Å²) in [6.45, 7) is 2.16. The number of ether oxygens (including phenoxy) is 1. The molecule has 0 spiro atoms. The van der Waals surface area contributed by atoms with Gasteiger partial charge < -0.3 is 4.74 Å². The van der Waals surface area contributed by atoms with Crippen molar-refractivity contribution in [3.63, 3.8) is 0 Å². The molecule has 2 aliphatic carbocycles. The molecule has 1 amide bonds. The predicted molar refractivity (Wildman–Crippen MR) is 133 cm³/mol. The van der Waals surface area contributed by atoms with Crippen molar-refractivity contribution in [1.29, 1.82) is 0 Å². The number of benzene rings is 2. The van der Waals surface area contributed by atoms with Crippen LogP contribution in [0.15, 0.2) is 30.3 Å². The molecule has 0 bridgehead atoms. The zero-order valence-corrected chi connectivity index (χ0v) is 21.4. The van der Waals surface area contributed by atoms with Crippen molar-refractivity contribution in [2.24, 2.45) is 0 Å². The molecule has 3 fully saturated rings. The second-order valence-electron chi connectivity index (χ2n) is 9.65. The molecule has 3 aliphatic rings. The number of nitrogens with zero attached hydrogens (tertiary/aromatic N) is 1. The molecule has 0 atom stereocenters. The number of nitrogens with one attached hydrogen (secondary N) is 1. The number of halogens is 3. The minimum Gasteiger partial charge on any atom is -0.490 e. The number of carbonyl (C=O) groups is 1. The Morgan fingerprint density at radius 2 is 1.74 bits per heavy atom. The SMILES string of the molecule is O=C(NS(=O)(=O)C1CC1)c1cc(C2CC2)c(CN2CCC(Oc3ccc(Cl)c(Cl)c3)CC2)cc1F. The van der Waals surface area contributed by atoms with Crippen LogP contribution in [0.3, 0.4) is 0 Å². The van der Waals surface area contributed by atoms with Crippen molar-refractivity contribution < 1.29 is 22.3 Å². The molecule has 1 aliphatic heterocycles. The van der Waals surface area contributed by atoms with Crippen LogP contribution in [0, 0.1) is 5.82 Å². The summed E-state index contributed by atoms with van der Waals surface area (Å²) in [5, 5.41) is 0.402. The van der Waals surface area contributed by atoms with Gasteiger partial charge in [0.2, 0.25) is 10.0 Å². The van der Waals surface area contributed by atoms with Gasteiger partial charge in [0, 0.05) is 25.7 Å². The summed E-state index contributed by atoms with van der Waals surface area (Å²) in [4.78, 5) is 14.8. The first-order valence-corrected chi connectivity index (χ1v) is 14.2. The molecule has 1 saturated heterocycles. The largest absolute Gasteiger partial charge is 0.490 e. The molecular weight excluding hydrogens is 514 g/mol. The molecule has 35 heavy (non-hydrogen) atoms. The van der Waals surface area contributed by atoms with Crippen LogP contribution in [0.25, 0.3) is 0 Å². The minimum atomic E-state index is -3.73. The topological polar surface area (TPSA) is 75.7 Å². The first-order valence-electron chi connectivity index (χ1n) is 11.9. The molecule has 188 valence electrons. The number of hydrogen-bond donors (Lipinski definition) is 1. The van der Waals surface area contributed by atoms with E-state index in [0.29, 0.717) is 35.2 Å². The van der Waals surface area contributed by atoms with E-state index >= 15 is 0 Å². The summed E-state index contributed by atoms with van der Waals surface area (Å²) in [6, 6.07) is 8.20. The van der Waals surface area contributed by atoms with E-state index in [9.17, 15) is 17.6 Å². The van der Waals surface area contributed by atoms with Crippen LogP contribution in [0.2, 0.25) is 10.0 Å². The van der Waals surface area contributed by atoms with Gasteiger partial charge in [-0.25, -0.2) is 17.5 Å². The smallest absolute Gasteiger partial charge is 0.267 e. The van der Waals surface area contributed by atoms with Gasteiger partial charge in [0.1, 0.15) is 17.7 Å². The fourth-order valence-electron chi connectivity index (χ4n) is 4.53. The Morgan fingerprint density at radius 1 is 1.03 bits per heavy atom. The van der Waals surface area contributed by atoms with Gasteiger partial charge in [-0.15, -0.1) is 0 Å². The van der Waals surface area contributed by atoms with Crippen molar-refractivity contribution in [2.45, 2.75) is 62.3 Å². The number of amides is 1. The number of likely N-dealkylation sites (tertiary alicyclic amines) is 1. The van der Waals surface area contributed by atoms with Crippen LogP contribution in [0.5, 0.6) is 5.75 Å². The zero-order chi connectivity index (χ0) is 24.7. The van der Waals surface area contributed by atoms with Gasteiger partial charge in [-0.2, -0.15) is 0 Å². The van der Waals surface area contributed by atoms with Gasteiger partial charge in [-0.1, -0.05) is 23.2 Å². The van der Waals surface area contributed by atoms with Crippen molar-refractivity contribution in [3.8, 4) is 5.75 Å². The van der Waals surface area contributed by atoms with Gasteiger partial charge in [0.25, 0.3) is 5.91 Å². The lowest BCUT2D eigenvalue weighted by Crippen LogP contribution is -2.38. The predicted octanol–water partition coefficient (Wildman–Crippen LogP) is 5.28. The molecule has 1 heterocycles. The van der Waals surface area contributed by atoms with Crippen LogP contribution < -0.4 is 9.46 Å². The molecule has 6 nitrogen and oxygen atoms in total. The van der Waals surface area contributed by atoms with E-state index in [1.165, 1.54) is 6.07 Å². The number of sulfonamides is 1. The van der Waals surface area contributed by atoms with Gasteiger partial charge in [0.05, 0.1) is 20.9 Å². The molecule has 2 aromatic carbocycles. The maximum absolute atomic E-state index is 15.0. The first-order chi connectivity index (χ1) is 16.7. The third kappa shape index (κ3) is 5.93. The second-order valence-corrected chi connectivity index (χ2v) is 12.4. The van der Waals surface area contributed by atoms with Gasteiger partial charge in [-0.3, -0.25) is 9.69 Å². The van der Waals surface area contributed by atoms with Crippen molar-refractivity contribution in [1.82, 2.24) is 9.62 Å². The number of piperidine rings is 1. The second kappa shape index (κ2) is 9.88. The minimum absolute atomic E-state index is 0.0580. The summed E-state index contributed by atoms with van der Waals surface area (Å²) in [7, 11) is -3.73. The zero-order valence-electron chi connectivity index (χ0n) is 19.1. The Kier molecular flexibility index (Phi) is 7.00. The molecule has 0 radical (unpaired) electrons. The van der Waals surface area contributed by atoms with Crippen molar-refractivity contribution in [3.05, 3.63) is 62.9 Å². The summed E-state index contributed by atoms with van der Waals surface area (Å²) < 4.78 is 47.3. The highest BCUT2D eigenvalue weighted by Crippen LogP contribution is 2.43. The molecule has 0 unspecified atom stereocenters. The highest BCUT2D eigenvalue weighted by molar-refractivity contribution is 7.91. The average Bonchev–Trinajstić information content (AvgIpc) is 3.69. The van der Waals surface area contributed by atoms with E-state index in [2.05, 4.69) is 4.90 Å². The molecule has 2 saturated carbocycles. The first kappa shape index (κ1) is 24.8. The van der Waals surface area contributed by atoms with Gasteiger partial charge in [0.15, 0.2) is 0 Å².